The first-order valence-corrected chi connectivity index (χ1v) is 9.63. The number of ether oxygens (including phenoxy) is 2. The summed E-state index contributed by atoms with van der Waals surface area (Å²) in [7, 11) is 0. The van der Waals surface area contributed by atoms with E-state index in [0.717, 1.165) is 23.6 Å². The fourth-order valence-corrected chi connectivity index (χ4v) is 2.96. The molecule has 1 aliphatic heterocycles. The number of hydrogen-bond acceptors (Lipinski definition) is 8. The molecule has 0 radical (unpaired) electrons. The number of rotatable bonds is 9. The predicted molar refractivity (Wildman–Crippen MR) is 105 cm³/mol. The summed E-state index contributed by atoms with van der Waals surface area (Å²) in [6, 6.07) is 0. The van der Waals surface area contributed by atoms with Crippen molar-refractivity contribution >= 4 is 11.9 Å². The number of hydrazine groups is 1. The van der Waals surface area contributed by atoms with Crippen LogP contribution in [0.15, 0.2) is 22.9 Å². The first-order valence-electron chi connectivity index (χ1n) is 9.63. The van der Waals surface area contributed by atoms with E-state index >= 15 is 0 Å². The molecule has 5 N–H and O–H groups in total. The average Bonchev–Trinajstić information content (AvgIpc) is 3.09. The van der Waals surface area contributed by atoms with Crippen LogP contribution in [0.1, 0.15) is 52.2 Å². The highest BCUT2D eigenvalue weighted by Crippen LogP contribution is 2.28. The summed E-state index contributed by atoms with van der Waals surface area (Å²) >= 11 is 0. The van der Waals surface area contributed by atoms with E-state index in [1.54, 1.807) is 13.1 Å². The molecule has 2 rings (SSSR count). The number of halogens is 1. The molecule has 0 bridgehead atoms. The van der Waals surface area contributed by atoms with Crippen LogP contribution in [0, 0.1) is 5.82 Å². The third kappa shape index (κ3) is 7.02. The summed E-state index contributed by atoms with van der Waals surface area (Å²) in [6.45, 7) is 4.32. The minimum absolute atomic E-state index is 0.215. The summed E-state index contributed by atoms with van der Waals surface area (Å²) in [5, 5.41) is 3.56. The minimum Gasteiger partial charge on any atom is -0.449 e. The van der Waals surface area contributed by atoms with Crippen molar-refractivity contribution in [2.24, 2.45) is 11.6 Å². The van der Waals surface area contributed by atoms with Gasteiger partial charge in [-0.1, -0.05) is 19.8 Å². The fraction of sp³-hybridized carbons (Fsp3) is 0.611. The van der Waals surface area contributed by atoms with Crippen molar-refractivity contribution in [1.29, 1.82) is 0 Å². The van der Waals surface area contributed by atoms with Crippen LogP contribution < -0.4 is 22.6 Å². The van der Waals surface area contributed by atoms with Gasteiger partial charge in [0.1, 0.15) is 6.23 Å². The number of hydrogen-bond donors (Lipinski definition) is 3. The number of carbonyl (C=O) groups excluding carboxylic acids is 1. The molecular weight excluding hydrogens is 383 g/mol. The summed E-state index contributed by atoms with van der Waals surface area (Å²) in [4.78, 5) is 27.6. The zero-order chi connectivity index (χ0) is 21.4. The maximum Gasteiger partial charge on any atom is 0.412 e. The number of unbranched alkanes of at least 4 members (excludes halogenated alkanes) is 2. The highest BCUT2D eigenvalue weighted by atomic mass is 19.1. The number of amides is 1. The topological polar surface area (TPSA) is 138 Å². The van der Waals surface area contributed by atoms with Gasteiger partial charge in [-0.2, -0.15) is 4.98 Å². The Hall–Kier alpha value is -2.66. The van der Waals surface area contributed by atoms with Gasteiger partial charge < -0.3 is 20.2 Å². The highest BCUT2D eigenvalue weighted by Gasteiger charge is 2.29. The van der Waals surface area contributed by atoms with Gasteiger partial charge in [0.15, 0.2) is 11.6 Å². The van der Waals surface area contributed by atoms with Gasteiger partial charge in [-0.25, -0.2) is 19.8 Å². The van der Waals surface area contributed by atoms with Crippen molar-refractivity contribution in [2.75, 3.05) is 18.5 Å². The summed E-state index contributed by atoms with van der Waals surface area (Å²) < 4.78 is 26.1. The summed E-state index contributed by atoms with van der Waals surface area (Å²) in [6.07, 6.45) is 4.53. The van der Waals surface area contributed by atoms with Crippen LogP contribution in [0.3, 0.4) is 0 Å². The van der Waals surface area contributed by atoms with E-state index in [0.29, 0.717) is 31.5 Å². The maximum absolute atomic E-state index is 14.3. The Balaban J connectivity index is 1.96. The monoisotopic (exact) mass is 412 g/mol. The predicted octanol–water partition coefficient (Wildman–Crippen LogP) is 1.79. The Morgan fingerprint density at radius 1 is 1.52 bits per heavy atom. The quantitative estimate of drug-likeness (QED) is 0.317. The van der Waals surface area contributed by atoms with Gasteiger partial charge >= 0.3 is 11.8 Å². The number of nitrogens with one attached hydrogen (secondary N) is 1. The molecule has 2 unspecified atom stereocenters. The molecule has 0 aromatic carbocycles. The van der Waals surface area contributed by atoms with E-state index in [2.05, 4.69) is 10.3 Å². The van der Waals surface area contributed by atoms with Crippen molar-refractivity contribution in [3.8, 4) is 0 Å². The largest absolute Gasteiger partial charge is 0.449 e. The number of carbonyl (C=O) groups is 1. The van der Waals surface area contributed by atoms with Gasteiger partial charge in [0, 0.05) is 11.9 Å². The lowest BCUT2D eigenvalue weighted by molar-refractivity contribution is -0.0111. The van der Waals surface area contributed by atoms with Gasteiger partial charge in [0.2, 0.25) is 0 Å². The number of anilines is 1. The molecule has 1 saturated heterocycles. The molecule has 11 heteroatoms. The lowest BCUT2D eigenvalue weighted by atomic mass is 10.2. The Labute approximate surface area is 168 Å². The smallest absolute Gasteiger partial charge is 0.412 e. The van der Waals surface area contributed by atoms with Gasteiger partial charge in [-0.05, 0) is 26.2 Å². The van der Waals surface area contributed by atoms with Crippen LogP contribution in [0.5, 0.6) is 0 Å². The molecule has 162 valence electrons. The van der Waals surface area contributed by atoms with Crippen molar-refractivity contribution in [3.05, 3.63) is 34.4 Å². The Bertz CT molecular complexity index is 780. The molecule has 29 heavy (non-hydrogen) atoms. The van der Waals surface area contributed by atoms with Crippen LogP contribution in [-0.4, -0.2) is 39.9 Å². The second-order valence-corrected chi connectivity index (χ2v) is 6.96. The SMILES string of the molecule is CCCCCOC(=O)Nc1nc(=O)n(C2CCC(CN(N)/C=C(/C)N)O2)cc1F. The van der Waals surface area contributed by atoms with Crippen LogP contribution in [0.25, 0.3) is 0 Å². The third-order valence-electron chi connectivity index (χ3n) is 4.29. The number of nitrogens with zero attached hydrogens (tertiary/aromatic N) is 3. The van der Waals surface area contributed by atoms with Crippen LogP contribution in [-0.2, 0) is 9.47 Å². The Morgan fingerprint density at radius 3 is 2.97 bits per heavy atom. The molecule has 0 spiro atoms. The van der Waals surface area contributed by atoms with Gasteiger partial charge in [0.05, 0.1) is 25.5 Å². The van der Waals surface area contributed by atoms with Crippen molar-refractivity contribution in [3.63, 3.8) is 0 Å². The van der Waals surface area contributed by atoms with E-state index in [1.165, 1.54) is 5.01 Å². The number of nitrogens with two attached hydrogens (primary N) is 2. The van der Waals surface area contributed by atoms with E-state index in [4.69, 9.17) is 21.1 Å². The maximum atomic E-state index is 14.3. The molecule has 0 saturated carbocycles. The van der Waals surface area contributed by atoms with E-state index < -0.39 is 29.6 Å². The molecule has 2 atom stereocenters. The highest BCUT2D eigenvalue weighted by molar-refractivity contribution is 5.83. The molecule has 1 aliphatic rings. The standard InChI is InChI=1S/C18H29FN6O4/c1-3-4-5-8-28-18(27)23-16-14(19)11-25(17(26)22-16)15-7-6-13(29-15)10-24(21)9-12(2)20/h9,11,13,15H,3-8,10,20-21H2,1-2H3,(H,22,23,26,27)/b12-9-. The molecule has 10 nitrogen and oxygen atoms in total. The first-order chi connectivity index (χ1) is 13.8. The van der Waals surface area contributed by atoms with Crippen LogP contribution >= 0.6 is 0 Å². The van der Waals surface area contributed by atoms with Gasteiger partial charge in [0.25, 0.3) is 0 Å². The molecule has 0 aliphatic carbocycles. The van der Waals surface area contributed by atoms with Crippen molar-refractivity contribution in [2.45, 2.75) is 58.3 Å². The van der Waals surface area contributed by atoms with Crippen molar-refractivity contribution in [1.82, 2.24) is 14.6 Å². The van der Waals surface area contributed by atoms with E-state index in [-0.39, 0.29) is 12.7 Å². The third-order valence-corrected chi connectivity index (χ3v) is 4.29. The first kappa shape index (κ1) is 22.6. The zero-order valence-corrected chi connectivity index (χ0v) is 16.8. The molecule has 1 fully saturated rings. The summed E-state index contributed by atoms with van der Waals surface area (Å²) in [5.74, 6) is 4.48. The van der Waals surface area contributed by atoms with Gasteiger partial charge in [-0.3, -0.25) is 9.88 Å². The minimum atomic E-state index is -0.857. The molecule has 1 amide bonds. The van der Waals surface area contributed by atoms with Crippen molar-refractivity contribution < 1.29 is 18.7 Å². The average molecular weight is 412 g/mol. The zero-order valence-electron chi connectivity index (χ0n) is 16.8. The molecular formula is C18H29FN6O4. The lowest BCUT2D eigenvalue weighted by Crippen LogP contribution is -2.35. The molecule has 1 aromatic rings. The fourth-order valence-electron chi connectivity index (χ4n) is 2.96. The molecule has 1 aromatic heterocycles. The van der Waals surface area contributed by atoms with E-state index in [1.807, 2.05) is 6.92 Å². The second kappa shape index (κ2) is 10.8. The van der Waals surface area contributed by atoms with Crippen LogP contribution in [0.2, 0.25) is 0 Å². The Kier molecular flexibility index (Phi) is 8.40. The number of allylic oxidation sites excluding steroid dienone is 1. The summed E-state index contributed by atoms with van der Waals surface area (Å²) in [5.41, 5.74) is 5.39. The normalized spacial score (nSPS) is 19.2. The lowest BCUT2D eigenvalue weighted by Gasteiger charge is -2.20. The van der Waals surface area contributed by atoms with Gasteiger partial charge in [-0.15, -0.1) is 0 Å². The second-order valence-electron chi connectivity index (χ2n) is 6.96. The van der Waals surface area contributed by atoms with E-state index in [9.17, 15) is 14.0 Å². The molecule has 2 heterocycles. The van der Waals surface area contributed by atoms with Crippen LogP contribution in [0.4, 0.5) is 15.0 Å². The Morgan fingerprint density at radius 2 is 2.28 bits per heavy atom. The number of aromatic nitrogens is 2.